The molecule has 0 atom stereocenters. The number of hydrogen-bond acceptors (Lipinski definition) is 2. The van der Waals surface area contributed by atoms with Gasteiger partial charge in [0.25, 0.3) is 0 Å². The van der Waals surface area contributed by atoms with Crippen molar-refractivity contribution in [1.29, 1.82) is 0 Å². The largest absolute Gasteiger partial charge is 0.481 e. The minimum absolute atomic E-state index is 0.335. The van der Waals surface area contributed by atoms with E-state index in [1.54, 1.807) is 0 Å². The lowest BCUT2D eigenvalue weighted by Crippen LogP contribution is -1.97. The van der Waals surface area contributed by atoms with Gasteiger partial charge in [0.1, 0.15) is 0 Å². The molecule has 27 heavy (non-hydrogen) atoms. The Morgan fingerprint density at radius 1 is 0.556 bits per heavy atom. The van der Waals surface area contributed by atoms with E-state index in [-0.39, 0.29) is 0 Å². The first-order valence-electron chi connectivity index (χ1n) is 12.1. The number of aliphatic carboxylic acids is 1. The van der Waals surface area contributed by atoms with Crippen molar-refractivity contribution in [2.45, 2.75) is 135 Å². The number of hydrogen-bond donors (Lipinski definition) is 1. The highest BCUT2D eigenvalue weighted by atomic mass is 16.5. The molecular weight excluding hydrogens is 336 g/mol. The molecule has 0 rings (SSSR count). The van der Waals surface area contributed by atoms with Gasteiger partial charge in [0.2, 0.25) is 0 Å². The van der Waals surface area contributed by atoms with Crippen molar-refractivity contribution < 1.29 is 14.6 Å². The van der Waals surface area contributed by atoms with E-state index in [1.807, 2.05) is 0 Å². The normalized spacial score (nSPS) is 11.1. The van der Waals surface area contributed by atoms with Crippen molar-refractivity contribution >= 4 is 5.97 Å². The molecule has 0 heterocycles. The molecule has 0 bridgehead atoms. The smallest absolute Gasteiger partial charge is 0.303 e. The van der Waals surface area contributed by atoms with Gasteiger partial charge in [0, 0.05) is 19.6 Å². The molecule has 3 nitrogen and oxygen atoms in total. The van der Waals surface area contributed by atoms with E-state index in [1.165, 1.54) is 109 Å². The lowest BCUT2D eigenvalue weighted by Gasteiger charge is -2.05. The van der Waals surface area contributed by atoms with Gasteiger partial charge in [-0.15, -0.1) is 0 Å². The van der Waals surface area contributed by atoms with Crippen LogP contribution in [0.4, 0.5) is 0 Å². The van der Waals surface area contributed by atoms with Crippen molar-refractivity contribution in [3.8, 4) is 0 Å². The summed E-state index contributed by atoms with van der Waals surface area (Å²) < 4.78 is 5.75. The van der Waals surface area contributed by atoms with E-state index < -0.39 is 5.97 Å². The maximum absolute atomic E-state index is 10.4. The second kappa shape index (κ2) is 23.5. The molecule has 3 heteroatoms. The average molecular weight is 385 g/mol. The molecule has 0 aliphatic heterocycles. The van der Waals surface area contributed by atoms with Crippen LogP contribution in [0.5, 0.6) is 0 Å². The highest BCUT2D eigenvalue weighted by Gasteiger charge is 1.97. The minimum Gasteiger partial charge on any atom is -0.481 e. The van der Waals surface area contributed by atoms with Crippen LogP contribution in [0.2, 0.25) is 0 Å². The van der Waals surface area contributed by atoms with E-state index in [2.05, 4.69) is 6.92 Å². The number of ether oxygens (including phenoxy) is 1. The van der Waals surface area contributed by atoms with E-state index in [0.29, 0.717) is 6.42 Å². The number of carboxylic acids is 1. The molecule has 0 unspecified atom stereocenters. The third kappa shape index (κ3) is 25.4. The fraction of sp³-hybridized carbons (Fsp3) is 0.958. The Bertz CT molecular complexity index is 291. The number of carbonyl (C=O) groups is 1. The molecule has 0 radical (unpaired) electrons. The summed E-state index contributed by atoms with van der Waals surface area (Å²) in [7, 11) is 0. The molecule has 0 aliphatic rings. The predicted molar refractivity (Wildman–Crippen MR) is 116 cm³/mol. The second-order valence-electron chi connectivity index (χ2n) is 8.12. The zero-order chi connectivity index (χ0) is 19.8. The topological polar surface area (TPSA) is 46.5 Å². The summed E-state index contributed by atoms with van der Waals surface area (Å²) in [5.41, 5.74) is 0. The van der Waals surface area contributed by atoms with Crippen LogP contribution in [-0.4, -0.2) is 24.3 Å². The van der Waals surface area contributed by atoms with Gasteiger partial charge in [-0.2, -0.15) is 0 Å². The Balaban J connectivity index is 2.98. The van der Waals surface area contributed by atoms with E-state index in [0.717, 1.165) is 26.1 Å². The Labute approximate surface area is 169 Å². The zero-order valence-electron chi connectivity index (χ0n) is 18.3. The number of carboxylic acid groups (broad SMARTS) is 1. The van der Waals surface area contributed by atoms with Crippen LogP contribution in [0, 0.1) is 0 Å². The monoisotopic (exact) mass is 384 g/mol. The molecule has 0 saturated carbocycles. The number of unbranched alkanes of at least 4 members (excludes halogenated alkanes) is 17. The highest BCUT2D eigenvalue weighted by molar-refractivity contribution is 5.66. The molecule has 0 saturated heterocycles. The first kappa shape index (κ1) is 26.4. The molecule has 0 aromatic carbocycles. The van der Waals surface area contributed by atoms with Gasteiger partial charge in [-0.05, 0) is 19.3 Å². The van der Waals surface area contributed by atoms with Crippen molar-refractivity contribution in [3.63, 3.8) is 0 Å². The van der Waals surface area contributed by atoms with Crippen molar-refractivity contribution in [2.75, 3.05) is 13.2 Å². The van der Waals surface area contributed by atoms with Crippen LogP contribution in [0.15, 0.2) is 0 Å². The van der Waals surface area contributed by atoms with Crippen LogP contribution in [0.3, 0.4) is 0 Å². The van der Waals surface area contributed by atoms with Gasteiger partial charge in [-0.25, -0.2) is 0 Å². The first-order valence-corrected chi connectivity index (χ1v) is 12.1. The van der Waals surface area contributed by atoms with Crippen LogP contribution < -0.4 is 0 Å². The Morgan fingerprint density at radius 2 is 0.889 bits per heavy atom. The minimum atomic E-state index is -0.660. The number of rotatable bonds is 23. The molecule has 0 aromatic rings. The predicted octanol–water partition coefficient (Wildman–Crippen LogP) is 7.91. The lowest BCUT2D eigenvalue weighted by atomic mass is 10.1. The Kier molecular flexibility index (Phi) is 23.0. The van der Waals surface area contributed by atoms with E-state index in [4.69, 9.17) is 9.84 Å². The SMILES string of the molecule is CCCCCCCCCCCOCCCCCCCCCCCCC(=O)O. The Morgan fingerprint density at radius 3 is 1.26 bits per heavy atom. The zero-order valence-corrected chi connectivity index (χ0v) is 18.3. The Hall–Kier alpha value is -0.570. The maximum Gasteiger partial charge on any atom is 0.303 e. The van der Waals surface area contributed by atoms with Gasteiger partial charge in [-0.1, -0.05) is 110 Å². The van der Waals surface area contributed by atoms with Gasteiger partial charge in [0.15, 0.2) is 0 Å². The third-order valence-corrected chi connectivity index (χ3v) is 5.32. The molecule has 162 valence electrons. The van der Waals surface area contributed by atoms with Gasteiger partial charge in [-0.3, -0.25) is 4.79 Å². The highest BCUT2D eigenvalue weighted by Crippen LogP contribution is 2.12. The molecule has 0 spiro atoms. The fourth-order valence-corrected chi connectivity index (χ4v) is 3.51. The maximum atomic E-state index is 10.4. The quantitative estimate of drug-likeness (QED) is 0.182. The van der Waals surface area contributed by atoms with Gasteiger partial charge < -0.3 is 9.84 Å². The average Bonchev–Trinajstić information content (AvgIpc) is 2.65. The van der Waals surface area contributed by atoms with Crippen LogP contribution in [0.25, 0.3) is 0 Å². The summed E-state index contributed by atoms with van der Waals surface area (Å²) in [6, 6.07) is 0. The van der Waals surface area contributed by atoms with Gasteiger partial charge in [0.05, 0.1) is 0 Å². The fourth-order valence-electron chi connectivity index (χ4n) is 3.51. The first-order chi connectivity index (χ1) is 13.3. The third-order valence-electron chi connectivity index (χ3n) is 5.32. The van der Waals surface area contributed by atoms with Crippen molar-refractivity contribution in [1.82, 2.24) is 0 Å². The van der Waals surface area contributed by atoms with E-state index in [9.17, 15) is 4.79 Å². The van der Waals surface area contributed by atoms with Crippen LogP contribution >= 0.6 is 0 Å². The molecule has 1 N–H and O–H groups in total. The molecular formula is C24H48O3. The van der Waals surface area contributed by atoms with Crippen LogP contribution in [0.1, 0.15) is 135 Å². The summed E-state index contributed by atoms with van der Waals surface area (Å²) in [5, 5.41) is 8.57. The van der Waals surface area contributed by atoms with Crippen molar-refractivity contribution in [3.05, 3.63) is 0 Å². The summed E-state index contributed by atoms with van der Waals surface area (Å²) in [5.74, 6) is -0.660. The van der Waals surface area contributed by atoms with Gasteiger partial charge >= 0.3 is 5.97 Å². The standard InChI is InChI=1S/C24H48O3/c1-2-3-4-5-6-10-13-16-19-22-27-23-20-17-14-11-8-7-9-12-15-18-21-24(25)26/h2-23H2,1H3,(H,25,26). The molecule has 0 aliphatic carbocycles. The lowest BCUT2D eigenvalue weighted by molar-refractivity contribution is -0.137. The van der Waals surface area contributed by atoms with Crippen molar-refractivity contribution in [2.24, 2.45) is 0 Å². The summed E-state index contributed by atoms with van der Waals surface area (Å²) in [4.78, 5) is 10.4. The van der Waals surface area contributed by atoms with E-state index >= 15 is 0 Å². The summed E-state index contributed by atoms with van der Waals surface area (Å²) in [6.07, 6.45) is 24.9. The van der Waals surface area contributed by atoms with Crippen LogP contribution in [-0.2, 0) is 9.53 Å². The molecule has 0 aromatic heterocycles. The summed E-state index contributed by atoms with van der Waals surface area (Å²) >= 11 is 0. The summed E-state index contributed by atoms with van der Waals surface area (Å²) in [6.45, 7) is 4.18. The molecule has 0 fully saturated rings. The molecule has 0 amide bonds. The second-order valence-corrected chi connectivity index (χ2v) is 8.12.